The molecule has 2 N–H and O–H groups in total. The number of hydrogen-bond donors (Lipinski definition) is 2. The number of aliphatic hydroxyl groups is 1. The predicted octanol–water partition coefficient (Wildman–Crippen LogP) is -0.454. The van der Waals surface area contributed by atoms with Crippen molar-refractivity contribution in [3.63, 3.8) is 0 Å². The third-order valence-corrected chi connectivity index (χ3v) is 3.93. The smallest absolute Gasteiger partial charge is 0.330 e. The standard InChI is InChI=1S/C11H17N2O7P/c1-6-4-13(11(16)12-10(6)15)9-3-7(14)8(20-9)5-19-21(17)18-2/h4,7-9,14,21H,3,5H2,1-2H3,(H,12,15,16)/t7-,8+,9+/m0/s1. The van der Waals surface area contributed by atoms with E-state index in [-0.39, 0.29) is 13.0 Å². The van der Waals surface area contributed by atoms with Crippen LogP contribution >= 0.6 is 8.25 Å². The van der Waals surface area contributed by atoms with Gasteiger partial charge in [0.15, 0.2) is 0 Å². The normalized spacial score (nSPS) is 26.9. The fraction of sp³-hybridized carbons (Fsp3) is 0.636. The molecule has 1 aliphatic heterocycles. The molecule has 0 aliphatic carbocycles. The predicted molar refractivity (Wildman–Crippen MR) is 72.6 cm³/mol. The minimum atomic E-state index is -2.60. The van der Waals surface area contributed by atoms with Gasteiger partial charge in [0.05, 0.1) is 12.7 Å². The summed E-state index contributed by atoms with van der Waals surface area (Å²) in [6, 6.07) is 0. The molecule has 118 valence electrons. The van der Waals surface area contributed by atoms with E-state index in [1.165, 1.54) is 17.9 Å². The molecule has 4 atom stereocenters. The van der Waals surface area contributed by atoms with Crippen molar-refractivity contribution in [3.05, 3.63) is 32.6 Å². The third-order valence-electron chi connectivity index (χ3n) is 3.19. The number of nitrogens with zero attached hydrogens (tertiary/aromatic N) is 1. The topological polar surface area (TPSA) is 120 Å². The molecule has 1 unspecified atom stereocenters. The minimum Gasteiger partial charge on any atom is -0.390 e. The van der Waals surface area contributed by atoms with Crippen LogP contribution in [-0.4, -0.2) is 40.6 Å². The molecule has 1 aromatic rings. The monoisotopic (exact) mass is 320 g/mol. The highest BCUT2D eigenvalue weighted by Crippen LogP contribution is 2.30. The van der Waals surface area contributed by atoms with Gasteiger partial charge in [-0.1, -0.05) is 0 Å². The van der Waals surface area contributed by atoms with E-state index in [2.05, 4.69) is 9.51 Å². The molecule has 2 rings (SSSR count). The Morgan fingerprint density at radius 2 is 2.29 bits per heavy atom. The van der Waals surface area contributed by atoms with Gasteiger partial charge in [0, 0.05) is 25.3 Å². The number of nitrogens with one attached hydrogen (secondary N) is 1. The van der Waals surface area contributed by atoms with Crippen molar-refractivity contribution < 1.29 is 23.5 Å². The van der Waals surface area contributed by atoms with Gasteiger partial charge in [-0.25, -0.2) is 4.79 Å². The van der Waals surface area contributed by atoms with E-state index in [1.807, 2.05) is 0 Å². The van der Waals surface area contributed by atoms with Crippen LogP contribution in [0, 0.1) is 6.92 Å². The number of rotatable bonds is 5. The summed E-state index contributed by atoms with van der Waals surface area (Å²) in [4.78, 5) is 25.2. The van der Waals surface area contributed by atoms with E-state index in [0.29, 0.717) is 5.56 Å². The lowest BCUT2D eigenvalue weighted by atomic mass is 10.2. The summed E-state index contributed by atoms with van der Waals surface area (Å²) in [7, 11) is -1.35. The maximum Gasteiger partial charge on any atom is 0.330 e. The van der Waals surface area contributed by atoms with Gasteiger partial charge >= 0.3 is 13.9 Å². The molecule has 1 fully saturated rings. The second kappa shape index (κ2) is 6.67. The lowest BCUT2D eigenvalue weighted by Gasteiger charge is -2.16. The fourth-order valence-corrected chi connectivity index (χ4v) is 2.46. The minimum absolute atomic E-state index is 0.111. The zero-order chi connectivity index (χ0) is 15.6. The molecule has 1 aliphatic rings. The number of ether oxygens (including phenoxy) is 1. The van der Waals surface area contributed by atoms with Crippen molar-refractivity contribution in [1.82, 2.24) is 9.55 Å². The third kappa shape index (κ3) is 3.69. The number of aryl methyl sites for hydroxylation is 1. The van der Waals surface area contributed by atoms with Crippen molar-refractivity contribution in [2.45, 2.75) is 31.8 Å². The van der Waals surface area contributed by atoms with Crippen LogP contribution in [0.3, 0.4) is 0 Å². The number of H-pyrrole nitrogens is 1. The van der Waals surface area contributed by atoms with Crippen molar-refractivity contribution in [3.8, 4) is 0 Å². The molecule has 0 spiro atoms. The van der Waals surface area contributed by atoms with E-state index in [1.54, 1.807) is 6.92 Å². The van der Waals surface area contributed by atoms with Crippen molar-refractivity contribution in [1.29, 1.82) is 0 Å². The highest BCUT2D eigenvalue weighted by atomic mass is 31.1. The Morgan fingerprint density at radius 1 is 1.57 bits per heavy atom. The second-order valence-electron chi connectivity index (χ2n) is 4.68. The molecule has 1 aromatic heterocycles. The number of aromatic nitrogens is 2. The molecule has 0 amide bonds. The highest BCUT2D eigenvalue weighted by molar-refractivity contribution is 7.33. The van der Waals surface area contributed by atoms with Crippen LogP contribution in [-0.2, 0) is 18.3 Å². The Bertz CT molecular complexity index is 640. The van der Waals surface area contributed by atoms with Crippen LogP contribution in [0.15, 0.2) is 15.8 Å². The van der Waals surface area contributed by atoms with Crippen LogP contribution < -0.4 is 11.2 Å². The number of hydrogen-bond acceptors (Lipinski definition) is 7. The first-order valence-electron chi connectivity index (χ1n) is 6.28. The first-order valence-corrected chi connectivity index (χ1v) is 7.51. The second-order valence-corrected chi connectivity index (χ2v) is 5.87. The van der Waals surface area contributed by atoms with Crippen LogP contribution in [0.2, 0.25) is 0 Å². The summed E-state index contributed by atoms with van der Waals surface area (Å²) in [5.74, 6) is 0. The largest absolute Gasteiger partial charge is 0.390 e. The number of aliphatic hydroxyl groups excluding tert-OH is 1. The molecule has 0 saturated carbocycles. The zero-order valence-corrected chi connectivity index (χ0v) is 12.6. The molecule has 2 heterocycles. The molecular formula is C11H17N2O7P. The van der Waals surface area contributed by atoms with Gasteiger partial charge in [0.2, 0.25) is 0 Å². The van der Waals surface area contributed by atoms with E-state index >= 15 is 0 Å². The Morgan fingerprint density at radius 3 is 2.95 bits per heavy atom. The summed E-state index contributed by atoms with van der Waals surface area (Å²) in [5, 5.41) is 9.90. The van der Waals surface area contributed by atoms with Crippen molar-refractivity contribution in [2.75, 3.05) is 13.7 Å². The summed E-state index contributed by atoms with van der Waals surface area (Å²) in [6.07, 6.45) is -0.784. The Labute approximate surface area is 120 Å². The molecule has 1 saturated heterocycles. The molecule has 0 radical (unpaired) electrons. The average molecular weight is 320 g/mol. The van der Waals surface area contributed by atoms with Crippen LogP contribution in [0.25, 0.3) is 0 Å². The lowest BCUT2D eigenvalue weighted by Crippen LogP contribution is -2.33. The van der Waals surface area contributed by atoms with Gasteiger partial charge in [-0.15, -0.1) is 0 Å². The molecular weight excluding hydrogens is 303 g/mol. The zero-order valence-electron chi connectivity index (χ0n) is 11.6. The van der Waals surface area contributed by atoms with E-state index in [0.717, 1.165) is 0 Å². The SMILES string of the molecule is CO[PH](=O)OC[C@H]1O[C@@H](n2cc(C)c(=O)[nH]c2=O)C[C@@H]1O. The fourth-order valence-electron chi connectivity index (χ4n) is 2.05. The van der Waals surface area contributed by atoms with Gasteiger partial charge in [0.25, 0.3) is 5.56 Å². The maximum atomic E-state index is 11.8. The Kier molecular flexibility index (Phi) is 5.13. The van der Waals surface area contributed by atoms with Crippen molar-refractivity contribution in [2.24, 2.45) is 0 Å². The van der Waals surface area contributed by atoms with Gasteiger partial charge in [0.1, 0.15) is 12.3 Å². The molecule has 21 heavy (non-hydrogen) atoms. The van der Waals surface area contributed by atoms with Crippen LogP contribution in [0.5, 0.6) is 0 Å². The lowest BCUT2D eigenvalue weighted by molar-refractivity contribution is -0.0416. The summed E-state index contributed by atoms with van der Waals surface area (Å²) >= 11 is 0. The van der Waals surface area contributed by atoms with Crippen LogP contribution in [0.1, 0.15) is 18.2 Å². The first kappa shape index (κ1) is 16.1. The quantitative estimate of drug-likeness (QED) is 0.705. The van der Waals surface area contributed by atoms with Gasteiger partial charge in [-0.3, -0.25) is 18.9 Å². The maximum absolute atomic E-state index is 11.8. The molecule has 0 bridgehead atoms. The van der Waals surface area contributed by atoms with E-state index < -0.39 is 37.9 Å². The van der Waals surface area contributed by atoms with Gasteiger partial charge in [-0.2, -0.15) is 0 Å². The summed E-state index contributed by atoms with van der Waals surface area (Å²) in [6.45, 7) is 1.45. The number of aromatic amines is 1. The van der Waals surface area contributed by atoms with Crippen molar-refractivity contribution >= 4 is 8.25 Å². The van der Waals surface area contributed by atoms with Gasteiger partial charge in [-0.05, 0) is 6.92 Å². The summed E-state index contributed by atoms with van der Waals surface area (Å²) in [5.41, 5.74) is -0.722. The van der Waals surface area contributed by atoms with E-state index in [9.17, 15) is 19.3 Å². The van der Waals surface area contributed by atoms with E-state index in [4.69, 9.17) is 9.26 Å². The molecule has 0 aromatic carbocycles. The Hall–Kier alpha value is -1.25. The summed E-state index contributed by atoms with van der Waals surface area (Å²) < 4.78 is 27.2. The molecule has 9 nitrogen and oxygen atoms in total. The van der Waals surface area contributed by atoms with Crippen LogP contribution in [0.4, 0.5) is 0 Å². The highest BCUT2D eigenvalue weighted by Gasteiger charge is 2.36. The Balaban J connectivity index is 2.10. The molecule has 10 heteroatoms. The first-order chi connectivity index (χ1) is 9.92. The van der Waals surface area contributed by atoms with Gasteiger partial charge < -0.3 is 18.9 Å². The average Bonchev–Trinajstić information content (AvgIpc) is 2.81.